The van der Waals surface area contributed by atoms with Crippen molar-refractivity contribution in [1.82, 2.24) is 4.98 Å². The highest BCUT2D eigenvalue weighted by Crippen LogP contribution is 2.24. The molecule has 1 N–H and O–H groups in total. The summed E-state index contributed by atoms with van der Waals surface area (Å²) in [6.07, 6.45) is 2.27. The first kappa shape index (κ1) is 12.8. The molecule has 0 unspecified atom stereocenters. The Morgan fingerprint density at radius 1 is 1.65 bits per heavy atom. The maximum atomic E-state index is 11.5. The van der Waals surface area contributed by atoms with Crippen LogP contribution in [0.4, 0.5) is 5.13 Å². The molecular weight excluding hydrogens is 280 g/mol. The van der Waals surface area contributed by atoms with Crippen LogP contribution in [0.1, 0.15) is 6.42 Å². The monoisotopic (exact) mass is 292 g/mol. The predicted octanol–water partition coefficient (Wildman–Crippen LogP) is 1.00. The van der Waals surface area contributed by atoms with E-state index in [1.807, 2.05) is 0 Å². The van der Waals surface area contributed by atoms with Crippen LogP contribution in [0.5, 0.6) is 0 Å². The highest BCUT2D eigenvalue weighted by molar-refractivity contribution is 8.02. The largest absolute Gasteiger partial charge is 0.301 e. The smallest absolute Gasteiger partial charge is 0.236 e. The molecule has 0 radical (unpaired) electrons. The zero-order valence-corrected chi connectivity index (χ0v) is 11.4. The second-order valence-corrected chi connectivity index (χ2v) is 8.13. The average Bonchev–Trinajstić information content (AvgIpc) is 2.85. The lowest BCUT2D eigenvalue weighted by Gasteiger charge is -2.06. The number of sulfone groups is 1. The fourth-order valence-corrected chi connectivity index (χ4v) is 5.51. The number of aromatic nitrogens is 1. The van der Waals surface area contributed by atoms with Crippen LogP contribution in [0.3, 0.4) is 0 Å². The van der Waals surface area contributed by atoms with Crippen LogP contribution in [0.25, 0.3) is 0 Å². The number of carbonyl (C=O) groups is 1. The maximum Gasteiger partial charge on any atom is 0.236 e. The fourth-order valence-electron chi connectivity index (χ4n) is 1.53. The molecule has 0 aromatic carbocycles. The van der Waals surface area contributed by atoms with Crippen LogP contribution < -0.4 is 5.32 Å². The van der Waals surface area contributed by atoms with Crippen molar-refractivity contribution in [2.45, 2.75) is 11.7 Å². The third-order valence-corrected chi connectivity index (χ3v) is 6.29. The van der Waals surface area contributed by atoms with Crippen LogP contribution >= 0.6 is 23.1 Å². The Bertz CT molecular complexity index is 484. The summed E-state index contributed by atoms with van der Waals surface area (Å²) in [4.78, 5) is 15.5. The first-order valence-electron chi connectivity index (χ1n) is 5.06. The number of nitrogens with one attached hydrogen (secondary N) is 1. The third-order valence-electron chi connectivity index (χ3n) is 2.32. The van der Waals surface area contributed by atoms with Gasteiger partial charge in [-0.2, -0.15) is 0 Å². The first-order chi connectivity index (χ1) is 8.05. The lowest BCUT2D eigenvalue weighted by atomic mass is 10.4. The number of amides is 1. The second kappa shape index (κ2) is 5.36. The van der Waals surface area contributed by atoms with Gasteiger partial charge >= 0.3 is 0 Å². The van der Waals surface area contributed by atoms with E-state index in [0.29, 0.717) is 11.6 Å². The molecule has 0 saturated carbocycles. The van der Waals surface area contributed by atoms with E-state index in [4.69, 9.17) is 0 Å². The number of carbonyl (C=O) groups excluding carboxylic acids is 1. The van der Waals surface area contributed by atoms with E-state index in [1.165, 1.54) is 23.1 Å². The average molecular weight is 292 g/mol. The highest BCUT2D eigenvalue weighted by Gasteiger charge is 2.28. The Hall–Kier alpha value is -0.600. The molecule has 1 atom stereocenters. The zero-order valence-electron chi connectivity index (χ0n) is 8.96. The molecule has 0 spiro atoms. The van der Waals surface area contributed by atoms with Crippen molar-refractivity contribution in [3.63, 3.8) is 0 Å². The molecule has 17 heavy (non-hydrogen) atoms. The van der Waals surface area contributed by atoms with Crippen molar-refractivity contribution in [1.29, 1.82) is 0 Å². The third kappa shape index (κ3) is 3.97. The Morgan fingerprint density at radius 3 is 3.06 bits per heavy atom. The van der Waals surface area contributed by atoms with Gasteiger partial charge in [0.25, 0.3) is 0 Å². The lowest BCUT2D eigenvalue weighted by Crippen LogP contribution is -2.17. The minimum absolute atomic E-state index is 0.0574. The van der Waals surface area contributed by atoms with Crippen LogP contribution in [-0.4, -0.2) is 41.8 Å². The summed E-state index contributed by atoms with van der Waals surface area (Å²) in [5.41, 5.74) is 0. The van der Waals surface area contributed by atoms with Crippen molar-refractivity contribution in [3.8, 4) is 0 Å². The van der Waals surface area contributed by atoms with Gasteiger partial charge in [0, 0.05) is 16.8 Å². The minimum Gasteiger partial charge on any atom is -0.301 e. The molecule has 0 bridgehead atoms. The van der Waals surface area contributed by atoms with E-state index >= 15 is 0 Å². The number of hydrogen-bond acceptors (Lipinski definition) is 6. The van der Waals surface area contributed by atoms with Gasteiger partial charge in [0.15, 0.2) is 15.0 Å². The van der Waals surface area contributed by atoms with Crippen molar-refractivity contribution in [2.24, 2.45) is 0 Å². The summed E-state index contributed by atoms with van der Waals surface area (Å²) >= 11 is 2.76. The SMILES string of the molecule is O=C(CS[C@@H]1CCS(=O)(=O)C1)Nc1nccs1. The fraction of sp³-hybridized carbons (Fsp3) is 0.556. The van der Waals surface area contributed by atoms with E-state index in [9.17, 15) is 13.2 Å². The Kier molecular flexibility index (Phi) is 4.05. The number of thiazole rings is 1. The van der Waals surface area contributed by atoms with Crippen molar-refractivity contribution in [2.75, 3.05) is 22.6 Å². The van der Waals surface area contributed by atoms with E-state index in [-0.39, 0.29) is 28.4 Å². The zero-order chi connectivity index (χ0) is 12.3. The summed E-state index contributed by atoms with van der Waals surface area (Å²) in [6.45, 7) is 0. The van der Waals surface area contributed by atoms with Gasteiger partial charge in [-0.25, -0.2) is 13.4 Å². The highest BCUT2D eigenvalue weighted by atomic mass is 32.2. The molecule has 94 valence electrons. The number of nitrogens with zero attached hydrogens (tertiary/aromatic N) is 1. The summed E-state index contributed by atoms with van der Waals surface area (Å²) in [5, 5.41) is 5.08. The molecule has 0 aliphatic carbocycles. The summed E-state index contributed by atoms with van der Waals surface area (Å²) in [5.74, 6) is 0.593. The quantitative estimate of drug-likeness (QED) is 0.896. The van der Waals surface area contributed by atoms with Gasteiger partial charge in [0.1, 0.15) is 0 Å². The molecule has 1 fully saturated rings. The van der Waals surface area contributed by atoms with Gasteiger partial charge < -0.3 is 5.32 Å². The van der Waals surface area contributed by atoms with Gasteiger partial charge in [0.05, 0.1) is 17.3 Å². The molecule has 8 heteroatoms. The number of hydrogen-bond donors (Lipinski definition) is 1. The normalized spacial score (nSPS) is 22.5. The molecule has 1 aliphatic heterocycles. The van der Waals surface area contributed by atoms with Crippen molar-refractivity contribution in [3.05, 3.63) is 11.6 Å². The van der Waals surface area contributed by atoms with Crippen LogP contribution in [0.15, 0.2) is 11.6 Å². The summed E-state index contributed by atoms with van der Waals surface area (Å²) in [6, 6.07) is 0. The molecule has 1 saturated heterocycles. The lowest BCUT2D eigenvalue weighted by molar-refractivity contribution is -0.113. The number of rotatable bonds is 4. The topological polar surface area (TPSA) is 76.1 Å². The first-order valence-corrected chi connectivity index (χ1v) is 8.81. The van der Waals surface area contributed by atoms with Gasteiger partial charge in [-0.3, -0.25) is 4.79 Å². The maximum absolute atomic E-state index is 11.5. The molecule has 2 rings (SSSR count). The van der Waals surface area contributed by atoms with Crippen LogP contribution in [-0.2, 0) is 14.6 Å². The molecule has 1 aromatic rings. The number of anilines is 1. The van der Waals surface area contributed by atoms with E-state index in [0.717, 1.165) is 0 Å². The summed E-state index contributed by atoms with van der Waals surface area (Å²) < 4.78 is 22.4. The van der Waals surface area contributed by atoms with E-state index in [1.54, 1.807) is 11.6 Å². The molecular formula is C9H12N2O3S3. The van der Waals surface area contributed by atoms with Gasteiger partial charge in [-0.15, -0.1) is 23.1 Å². The van der Waals surface area contributed by atoms with Crippen LogP contribution in [0.2, 0.25) is 0 Å². The predicted molar refractivity (Wildman–Crippen MR) is 70.3 cm³/mol. The van der Waals surface area contributed by atoms with Gasteiger partial charge in [0.2, 0.25) is 5.91 Å². The Labute approximate surface area is 108 Å². The second-order valence-electron chi connectivity index (χ2n) is 3.72. The van der Waals surface area contributed by atoms with E-state index in [2.05, 4.69) is 10.3 Å². The van der Waals surface area contributed by atoms with Crippen LogP contribution in [0, 0.1) is 0 Å². The number of thioether (sulfide) groups is 1. The van der Waals surface area contributed by atoms with Gasteiger partial charge in [-0.1, -0.05) is 0 Å². The molecule has 1 aromatic heterocycles. The Balaban J connectivity index is 1.74. The van der Waals surface area contributed by atoms with Crippen molar-refractivity contribution >= 4 is 44.0 Å². The Morgan fingerprint density at radius 2 is 2.47 bits per heavy atom. The standard InChI is InChI=1S/C9H12N2O3S3/c12-8(11-9-10-2-3-15-9)5-16-7-1-4-17(13,14)6-7/h2-3,7H,1,4-6H2,(H,10,11,12)/t7-/m1/s1. The van der Waals surface area contributed by atoms with E-state index < -0.39 is 9.84 Å². The van der Waals surface area contributed by atoms with Gasteiger partial charge in [-0.05, 0) is 6.42 Å². The molecule has 2 heterocycles. The molecule has 1 aliphatic rings. The summed E-state index contributed by atoms with van der Waals surface area (Å²) in [7, 11) is -2.86. The van der Waals surface area contributed by atoms with Crippen molar-refractivity contribution < 1.29 is 13.2 Å². The molecule has 1 amide bonds. The minimum atomic E-state index is -2.86. The molecule has 5 nitrogen and oxygen atoms in total.